The molecule has 0 amide bonds. The number of aryl methyl sites for hydroxylation is 2. The standard InChI is InChI=1S/C19H25NO/c1-14-10-11-15(2)18(12-14)19(20-13-16(3)21-4)17-8-6-5-7-9-17/h5-12,16,19-20H,13H2,1-4H3. The van der Waals surface area contributed by atoms with E-state index in [-0.39, 0.29) is 12.1 Å². The van der Waals surface area contributed by atoms with E-state index in [0.717, 1.165) is 6.54 Å². The van der Waals surface area contributed by atoms with Crippen molar-refractivity contribution in [1.82, 2.24) is 5.32 Å². The highest BCUT2D eigenvalue weighted by atomic mass is 16.5. The summed E-state index contributed by atoms with van der Waals surface area (Å²) in [5.74, 6) is 0. The molecule has 1 N–H and O–H groups in total. The maximum absolute atomic E-state index is 5.36. The second-order valence-corrected chi connectivity index (χ2v) is 5.66. The highest BCUT2D eigenvalue weighted by Gasteiger charge is 2.16. The molecule has 2 rings (SSSR count). The van der Waals surface area contributed by atoms with Gasteiger partial charge in [0.1, 0.15) is 0 Å². The lowest BCUT2D eigenvalue weighted by molar-refractivity contribution is 0.115. The van der Waals surface area contributed by atoms with E-state index in [0.29, 0.717) is 0 Å². The van der Waals surface area contributed by atoms with E-state index in [4.69, 9.17) is 4.74 Å². The molecule has 112 valence electrons. The Labute approximate surface area is 128 Å². The van der Waals surface area contributed by atoms with Crippen LogP contribution in [0.25, 0.3) is 0 Å². The van der Waals surface area contributed by atoms with Gasteiger partial charge in [0.2, 0.25) is 0 Å². The summed E-state index contributed by atoms with van der Waals surface area (Å²) >= 11 is 0. The van der Waals surface area contributed by atoms with Crippen molar-refractivity contribution in [1.29, 1.82) is 0 Å². The Morgan fingerprint density at radius 2 is 1.76 bits per heavy atom. The van der Waals surface area contributed by atoms with Crippen LogP contribution in [0.5, 0.6) is 0 Å². The quantitative estimate of drug-likeness (QED) is 0.864. The maximum atomic E-state index is 5.36. The van der Waals surface area contributed by atoms with E-state index in [9.17, 15) is 0 Å². The molecule has 21 heavy (non-hydrogen) atoms. The van der Waals surface area contributed by atoms with Crippen LogP contribution in [0.4, 0.5) is 0 Å². The summed E-state index contributed by atoms with van der Waals surface area (Å²) in [5.41, 5.74) is 5.23. The summed E-state index contributed by atoms with van der Waals surface area (Å²) in [6.45, 7) is 7.22. The fraction of sp³-hybridized carbons (Fsp3) is 0.368. The number of rotatable bonds is 6. The molecule has 0 spiro atoms. The molecule has 0 saturated carbocycles. The van der Waals surface area contributed by atoms with Gasteiger partial charge in [0.05, 0.1) is 12.1 Å². The molecule has 0 radical (unpaired) electrons. The smallest absolute Gasteiger partial charge is 0.0667 e. The molecule has 0 bridgehead atoms. The Balaban J connectivity index is 2.33. The lowest BCUT2D eigenvalue weighted by Crippen LogP contribution is -2.31. The van der Waals surface area contributed by atoms with Gasteiger partial charge in [-0.3, -0.25) is 0 Å². The van der Waals surface area contributed by atoms with Crippen molar-refractivity contribution in [2.45, 2.75) is 32.9 Å². The molecular formula is C19H25NO. The average molecular weight is 283 g/mol. The van der Waals surface area contributed by atoms with E-state index >= 15 is 0 Å². The van der Waals surface area contributed by atoms with Gasteiger partial charge in [-0.15, -0.1) is 0 Å². The van der Waals surface area contributed by atoms with Crippen LogP contribution in [0.1, 0.15) is 35.2 Å². The number of nitrogens with one attached hydrogen (secondary N) is 1. The summed E-state index contributed by atoms with van der Waals surface area (Å²) in [5, 5.41) is 3.65. The Morgan fingerprint density at radius 1 is 1.05 bits per heavy atom. The van der Waals surface area contributed by atoms with Crippen molar-refractivity contribution < 1.29 is 4.74 Å². The third kappa shape index (κ3) is 4.16. The van der Waals surface area contributed by atoms with Crippen molar-refractivity contribution in [2.24, 2.45) is 0 Å². The predicted molar refractivity (Wildman–Crippen MR) is 88.7 cm³/mol. The Morgan fingerprint density at radius 3 is 2.43 bits per heavy atom. The third-order valence-electron chi connectivity index (χ3n) is 3.89. The average Bonchev–Trinajstić information content (AvgIpc) is 2.51. The summed E-state index contributed by atoms with van der Waals surface area (Å²) in [6, 6.07) is 17.4. The molecule has 2 unspecified atom stereocenters. The van der Waals surface area contributed by atoms with Crippen LogP contribution in [0.2, 0.25) is 0 Å². The zero-order valence-corrected chi connectivity index (χ0v) is 13.4. The highest BCUT2D eigenvalue weighted by molar-refractivity contribution is 5.39. The first kappa shape index (κ1) is 15.7. The molecule has 0 aliphatic rings. The van der Waals surface area contributed by atoms with Crippen LogP contribution >= 0.6 is 0 Å². The minimum atomic E-state index is 0.196. The summed E-state index contributed by atoms with van der Waals surface area (Å²) in [6.07, 6.45) is 0.196. The zero-order valence-electron chi connectivity index (χ0n) is 13.4. The molecule has 0 aromatic heterocycles. The van der Waals surface area contributed by atoms with Crippen LogP contribution in [-0.4, -0.2) is 19.8 Å². The second kappa shape index (κ2) is 7.39. The normalized spacial score (nSPS) is 13.9. The van der Waals surface area contributed by atoms with Gasteiger partial charge in [-0.1, -0.05) is 54.1 Å². The van der Waals surface area contributed by atoms with Crippen LogP contribution in [-0.2, 0) is 4.74 Å². The summed E-state index contributed by atoms with van der Waals surface area (Å²) in [4.78, 5) is 0. The Hall–Kier alpha value is -1.64. The predicted octanol–water partition coefficient (Wildman–Crippen LogP) is 4.02. The lowest BCUT2D eigenvalue weighted by Gasteiger charge is -2.24. The molecule has 2 atom stereocenters. The molecule has 0 aliphatic carbocycles. The van der Waals surface area contributed by atoms with Crippen molar-refractivity contribution in [2.75, 3.05) is 13.7 Å². The number of ether oxygens (including phenoxy) is 1. The number of hydrogen-bond acceptors (Lipinski definition) is 2. The molecule has 0 heterocycles. The van der Waals surface area contributed by atoms with Crippen LogP contribution in [0.3, 0.4) is 0 Å². The monoisotopic (exact) mass is 283 g/mol. The van der Waals surface area contributed by atoms with E-state index in [2.05, 4.69) is 74.6 Å². The molecule has 0 aliphatic heterocycles. The fourth-order valence-electron chi connectivity index (χ4n) is 2.49. The van der Waals surface area contributed by atoms with E-state index in [1.807, 2.05) is 0 Å². The van der Waals surface area contributed by atoms with Gasteiger partial charge in [-0.05, 0) is 37.5 Å². The first-order chi connectivity index (χ1) is 10.1. The second-order valence-electron chi connectivity index (χ2n) is 5.66. The SMILES string of the molecule is COC(C)CNC(c1ccccc1)c1cc(C)ccc1C. The Kier molecular flexibility index (Phi) is 5.54. The van der Waals surface area contributed by atoms with Crippen molar-refractivity contribution in [3.8, 4) is 0 Å². The largest absolute Gasteiger partial charge is 0.380 e. The molecular weight excluding hydrogens is 258 g/mol. The molecule has 2 nitrogen and oxygen atoms in total. The molecule has 2 heteroatoms. The fourth-order valence-corrected chi connectivity index (χ4v) is 2.49. The van der Waals surface area contributed by atoms with E-state index in [1.54, 1.807) is 7.11 Å². The minimum absolute atomic E-state index is 0.196. The van der Waals surface area contributed by atoms with Gasteiger partial charge in [0.25, 0.3) is 0 Å². The van der Waals surface area contributed by atoms with Gasteiger partial charge in [-0.2, -0.15) is 0 Å². The topological polar surface area (TPSA) is 21.3 Å². The third-order valence-corrected chi connectivity index (χ3v) is 3.89. The zero-order chi connectivity index (χ0) is 15.2. The van der Waals surface area contributed by atoms with Gasteiger partial charge in [0.15, 0.2) is 0 Å². The maximum Gasteiger partial charge on any atom is 0.0667 e. The van der Waals surface area contributed by atoms with Gasteiger partial charge in [-0.25, -0.2) is 0 Å². The van der Waals surface area contributed by atoms with Crippen molar-refractivity contribution in [3.05, 3.63) is 70.8 Å². The van der Waals surface area contributed by atoms with Gasteiger partial charge < -0.3 is 10.1 Å². The van der Waals surface area contributed by atoms with Gasteiger partial charge >= 0.3 is 0 Å². The first-order valence-corrected chi connectivity index (χ1v) is 7.50. The summed E-state index contributed by atoms with van der Waals surface area (Å²) < 4.78 is 5.36. The van der Waals surface area contributed by atoms with Gasteiger partial charge in [0, 0.05) is 13.7 Å². The van der Waals surface area contributed by atoms with E-state index in [1.165, 1.54) is 22.3 Å². The highest BCUT2D eigenvalue weighted by Crippen LogP contribution is 2.25. The van der Waals surface area contributed by atoms with Crippen LogP contribution in [0.15, 0.2) is 48.5 Å². The van der Waals surface area contributed by atoms with Crippen LogP contribution in [0, 0.1) is 13.8 Å². The van der Waals surface area contributed by atoms with E-state index < -0.39 is 0 Å². The summed E-state index contributed by atoms with van der Waals surface area (Å²) in [7, 11) is 1.75. The molecule has 2 aromatic carbocycles. The van der Waals surface area contributed by atoms with Crippen molar-refractivity contribution >= 4 is 0 Å². The molecule has 2 aromatic rings. The molecule has 0 saturated heterocycles. The lowest BCUT2D eigenvalue weighted by atomic mass is 9.93. The minimum Gasteiger partial charge on any atom is -0.380 e. The van der Waals surface area contributed by atoms with Crippen LogP contribution < -0.4 is 5.32 Å². The molecule has 0 fully saturated rings. The number of hydrogen-bond donors (Lipinski definition) is 1. The number of benzene rings is 2. The first-order valence-electron chi connectivity index (χ1n) is 7.50. The van der Waals surface area contributed by atoms with Crippen molar-refractivity contribution in [3.63, 3.8) is 0 Å². The Bertz CT molecular complexity index is 565. The number of methoxy groups -OCH3 is 1.